The lowest BCUT2D eigenvalue weighted by Gasteiger charge is -2.40. The van der Waals surface area contributed by atoms with E-state index < -0.39 is 36.0 Å². The van der Waals surface area contributed by atoms with Crippen LogP contribution in [0.1, 0.15) is 29.7 Å². The molecule has 0 amide bonds. The van der Waals surface area contributed by atoms with Crippen LogP contribution in [0.15, 0.2) is 42.5 Å². The number of hydrogen-bond acceptors (Lipinski definition) is 8. The summed E-state index contributed by atoms with van der Waals surface area (Å²) in [5, 5.41) is 41.2. The highest BCUT2D eigenvalue weighted by Crippen LogP contribution is 2.37. The number of hydrogen-bond donors (Lipinski definition) is 4. The Bertz CT molecular complexity index is 880. The molecule has 0 bridgehead atoms. The van der Waals surface area contributed by atoms with E-state index in [0.717, 1.165) is 11.1 Å². The normalized spacial score (nSPS) is 26.2. The van der Waals surface area contributed by atoms with Gasteiger partial charge in [0.25, 0.3) is 0 Å². The van der Waals surface area contributed by atoms with Gasteiger partial charge in [-0.3, -0.25) is 0 Å². The Morgan fingerprint density at radius 2 is 1.76 bits per heavy atom. The van der Waals surface area contributed by atoms with E-state index in [1.165, 1.54) is 11.8 Å². The predicted octanol–water partition coefficient (Wildman–Crippen LogP) is 2.55. The zero-order valence-electron chi connectivity index (χ0n) is 18.6. The summed E-state index contributed by atoms with van der Waals surface area (Å²) in [6.07, 6.45) is -2.88. The molecule has 5 unspecified atom stereocenters. The monoisotopic (exact) mass is 498 g/mol. The van der Waals surface area contributed by atoms with Crippen LogP contribution in [-0.2, 0) is 15.9 Å². The summed E-state index contributed by atoms with van der Waals surface area (Å²) in [6, 6.07) is 12.8. The van der Waals surface area contributed by atoms with Crippen LogP contribution < -0.4 is 4.74 Å². The van der Waals surface area contributed by atoms with Crippen molar-refractivity contribution < 1.29 is 34.6 Å². The Morgan fingerprint density at radius 3 is 2.42 bits per heavy atom. The van der Waals surface area contributed by atoms with E-state index in [0.29, 0.717) is 29.4 Å². The summed E-state index contributed by atoms with van der Waals surface area (Å²) >= 11 is 7.70. The molecule has 1 fully saturated rings. The molecule has 1 heterocycles. The third-order valence-electron chi connectivity index (χ3n) is 5.47. The standard InChI is InChI=1S/C24H31ClO7S/c1-3-30-12-17(26)13-31-18-7-4-14(5-8-18)10-16-11-15(6-9-19(16)25)23-21(28)20(27)22(29)24(32-23)33-2/h4-9,11,17,20-24,26-29H,3,10,12-13H2,1-2H3/t17-,20?,21?,22?,23?,24?/m1/s1. The van der Waals surface area contributed by atoms with Gasteiger partial charge in [-0.25, -0.2) is 0 Å². The van der Waals surface area contributed by atoms with Gasteiger partial charge in [0, 0.05) is 11.6 Å². The number of ether oxygens (including phenoxy) is 3. The lowest BCUT2D eigenvalue weighted by molar-refractivity contribution is -0.200. The summed E-state index contributed by atoms with van der Waals surface area (Å²) < 4.78 is 16.6. The number of benzene rings is 2. The van der Waals surface area contributed by atoms with Crippen molar-refractivity contribution in [2.45, 2.75) is 49.3 Å². The summed E-state index contributed by atoms with van der Waals surface area (Å²) in [6.45, 7) is 2.79. The fraction of sp³-hybridized carbons (Fsp3) is 0.500. The minimum Gasteiger partial charge on any atom is -0.491 e. The number of aliphatic hydroxyl groups excluding tert-OH is 4. The number of aliphatic hydroxyl groups is 4. The molecule has 4 N–H and O–H groups in total. The second kappa shape index (κ2) is 12.4. The van der Waals surface area contributed by atoms with Crippen LogP contribution in [0.5, 0.6) is 5.75 Å². The molecule has 9 heteroatoms. The molecule has 1 aliphatic heterocycles. The van der Waals surface area contributed by atoms with Crippen molar-refractivity contribution >= 4 is 23.4 Å². The molecule has 6 atom stereocenters. The van der Waals surface area contributed by atoms with E-state index in [9.17, 15) is 20.4 Å². The number of rotatable bonds is 10. The van der Waals surface area contributed by atoms with E-state index >= 15 is 0 Å². The molecule has 1 aliphatic rings. The van der Waals surface area contributed by atoms with Crippen molar-refractivity contribution in [1.29, 1.82) is 0 Å². The largest absolute Gasteiger partial charge is 0.491 e. The molecule has 0 aromatic heterocycles. The van der Waals surface area contributed by atoms with Gasteiger partial charge in [-0.2, -0.15) is 0 Å². The maximum atomic E-state index is 10.5. The quantitative estimate of drug-likeness (QED) is 0.396. The van der Waals surface area contributed by atoms with Gasteiger partial charge in [0.15, 0.2) is 0 Å². The second-order valence-corrected chi connectivity index (χ2v) is 9.27. The maximum Gasteiger partial charge on any atom is 0.132 e. The van der Waals surface area contributed by atoms with E-state index in [4.69, 9.17) is 25.8 Å². The molecular formula is C24H31ClO7S. The van der Waals surface area contributed by atoms with Crippen molar-refractivity contribution in [3.8, 4) is 5.75 Å². The van der Waals surface area contributed by atoms with Crippen LogP contribution in [-0.4, -0.2) is 76.4 Å². The first-order valence-corrected chi connectivity index (χ1v) is 12.5. The van der Waals surface area contributed by atoms with Crippen molar-refractivity contribution in [3.05, 3.63) is 64.2 Å². The van der Waals surface area contributed by atoms with Crippen LogP contribution >= 0.6 is 23.4 Å². The minimum atomic E-state index is -1.31. The minimum absolute atomic E-state index is 0.147. The van der Waals surface area contributed by atoms with E-state index in [1.54, 1.807) is 18.4 Å². The van der Waals surface area contributed by atoms with Crippen molar-refractivity contribution in [2.75, 3.05) is 26.1 Å². The zero-order valence-corrected chi connectivity index (χ0v) is 20.2. The van der Waals surface area contributed by atoms with E-state index in [-0.39, 0.29) is 13.2 Å². The molecule has 2 aromatic rings. The molecule has 3 rings (SSSR count). The lowest BCUT2D eigenvalue weighted by atomic mass is 9.92. The summed E-state index contributed by atoms with van der Waals surface area (Å²) in [5.74, 6) is 0.642. The number of thioether (sulfide) groups is 1. The molecule has 0 spiro atoms. The molecule has 1 saturated heterocycles. The van der Waals surface area contributed by atoms with Gasteiger partial charge in [-0.05, 0) is 54.5 Å². The lowest BCUT2D eigenvalue weighted by Crippen LogP contribution is -2.52. The predicted molar refractivity (Wildman–Crippen MR) is 128 cm³/mol. The Balaban J connectivity index is 1.68. The highest BCUT2D eigenvalue weighted by atomic mass is 35.5. The highest BCUT2D eigenvalue weighted by Gasteiger charge is 2.44. The van der Waals surface area contributed by atoms with E-state index in [1.807, 2.05) is 37.3 Å². The van der Waals surface area contributed by atoms with Crippen LogP contribution in [0.25, 0.3) is 0 Å². The van der Waals surface area contributed by atoms with Crippen molar-refractivity contribution in [1.82, 2.24) is 0 Å². The van der Waals surface area contributed by atoms with Crippen LogP contribution in [0.2, 0.25) is 5.02 Å². The Hall–Kier alpha value is -1.36. The Kier molecular flexibility index (Phi) is 9.84. The summed E-state index contributed by atoms with van der Waals surface area (Å²) in [7, 11) is 0. The SMILES string of the molecule is CCOC[C@@H](O)COc1ccc(Cc2cc(C3OC(SC)C(O)C(O)C3O)ccc2Cl)cc1. The van der Waals surface area contributed by atoms with Gasteiger partial charge < -0.3 is 34.6 Å². The van der Waals surface area contributed by atoms with E-state index in [2.05, 4.69) is 0 Å². The average Bonchev–Trinajstić information content (AvgIpc) is 2.82. The Morgan fingerprint density at radius 1 is 1.03 bits per heavy atom. The van der Waals surface area contributed by atoms with Crippen LogP contribution in [0.4, 0.5) is 0 Å². The molecule has 182 valence electrons. The van der Waals surface area contributed by atoms with Crippen molar-refractivity contribution in [3.63, 3.8) is 0 Å². The molecule has 0 radical (unpaired) electrons. The third-order valence-corrected chi connectivity index (χ3v) is 6.70. The number of halogens is 1. The highest BCUT2D eigenvalue weighted by molar-refractivity contribution is 7.99. The van der Waals surface area contributed by atoms with Gasteiger partial charge in [-0.15, -0.1) is 11.8 Å². The molecule has 7 nitrogen and oxygen atoms in total. The van der Waals surface area contributed by atoms with Gasteiger partial charge >= 0.3 is 0 Å². The van der Waals surface area contributed by atoms with Gasteiger partial charge in [0.2, 0.25) is 0 Å². The van der Waals surface area contributed by atoms with Gasteiger partial charge in [0.1, 0.15) is 48.3 Å². The smallest absolute Gasteiger partial charge is 0.132 e. The zero-order chi connectivity index (χ0) is 24.0. The van der Waals surface area contributed by atoms with Crippen molar-refractivity contribution in [2.24, 2.45) is 0 Å². The first-order valence-electron chi connectivity index (χ1n) is 10.8. The molecule has 2 aromatic carbocycles. The second-order valence-electron chi connectivity index (χ2n) is 7.93. The first kappa shape index (κ1) is 26.2. The third kappa shape index (κ3) is 6.83. The van der Waals surface area contributed by atoms with Gasteiger partial charge in [0.05, 0.1) is 6.61 Å². The fourth-order valence-corrected chi connectivity index (χ4v) is 4.50. The Labute approximate surface area is 203 Å². The molecule has 0 saturated carbocycles. The summed E-state index contributed by atoms with van der Waals surface area (Å²) in [5.41, 5.74) is 1.87. The maximum absolute atomic E-state index is 10.5. The topological polar surface area (TPSA) is 109 Å². The molecule has 0 aliphatic carbocycles. The van der Waals surface area contributed by atoms with Gasteiger partial charge in [-0.1, -0.05) is 35.9 Å². The molecular weight excluding hydrogens is 468 g/mol. The fourth-order valence-electron chi connectivity index (χ4n) is 3.64. The first-order chi connectivity index (χ1) is 15.8. The average molecular weight is 499 g/mol. The summed E-state index contributed by atoms with van der Waals surface area (Å²) in [4.78, 5) is 0. The van der Waals surface area contributed by atoms with Crippen LogP contribution in [0, 0.1) is 0 Å². The molecule has 33 heavy (non-hydrogen) atoms. The van der Waals surface area contributed by atoms with Crippen LogP contribution in [0.3, 0.4) is 0 Å².